The third-order valence-corrected chi connectivity index (χ3v) is 24.9. The molecule has 12 bridgehead atoms. The van der Waals surface area contributed by atoms with Crippen molar-refractivity contribution >= 4 is 47.8 Å². The van der Waals surface area contributed by atoms with E-state index in [1.807, 2.05) is 41.5 Å². The molecule has 10 unspecified atom stereocenters. The Morgan fingerprint density at radius 3 is 1.25 bits per heavy atom. The summed E-state index contributed by atoms with van der Waals surface area (Å²) in [4.78, 5) is 100. The smallest absolute Gasteiger partial charge is 0.344 e. The number of ether oxygens (including phenoxy) is 8. The quantitative estimate of drug-likeness (QED) is 0.0710. The summed E-state index contributed by atoms with van der Waals surface area (Å²) in [5, 5.41) is 19.8. The minimum Gasteiger partial charge on any atom is -0.459 e. The first kappa shape index (κ1) is 64.7. The number of esters is 8. The van der Waals surface area contributed by atoms with E-state index in [0.717, 1.165) is 99.7 Å². The largest absolute Gasteiger partial charge is 0.459 e. The number of carbonyl (C=O) groups excluding carboxylic acids is 8. The average Bonchev–Trinajstić information content (AvgIpc) is 1.59. The van der Waals surface area contributed by atoms with Crippen LogP contribution in [0.1, 0.15) is 222 Å². The summed E-state index contributed by atoms with van der Waals surface area (Å²) in [5.74, 6) is -0.909. The molecule has 0 aromatic rings. The highest BCUT2D eigenvalue weighted by Gasteiger charge is 2.77. The molecule has 16 fully saturated rings. The highest BCUT2D eigenvalue weighted by atomic mass is 16.6. The zero-order valence-electron chi connectivity index (χ0n) is 53.7. The molecule has 0 aromatic heterocycles. The maximum absolute atomic E-state index is 13.8. The van der Waals surface area contributed by atoms with Gasteiger partial charge in [-0.25, -0.2) is 19.2 Å². The molecule has 18 nitrogen and oxygen atoms in total. The normalized spacial score (nSPS) is 40.5. The lowest BCUT2D eigenvalue weighted by Gasteiger charge is -2.61. The lowest BCUT2D eigenvalue weighted by Crippen LogP contribution is -2.59. The third-order valence-electron chi connectivity index (χ3n) is 24.9. The fourth-order valence-electron chi connectivity index (χ4n) is 20.9. The van der Waals surface area contributed by atoms with Gasteiger partial charge in [-0.05, 0) is 238 Å². The van der Waals surface area contributed by atoms with Gasteiger partial charge in [0.2, 0.25) is 0 Å². The summed E-state index contributed by atoms with van der Waals surface area (Å²) >= 11 is 0. The van der Waals surface area contributed by atoms with E-state index in [-0.39, 0.29) is 58.7 Å². The molecule has 14 aliphatic carbocycles. The number of fused-ring (bicyclic) bond motifs is 2. The van der Waals surface area contributed by atoms with Crippen molar-refractivity contribution < 1.29 is 86.5 Å². The minimum absolute atomic E-state index is 0.0210. The lowest BCUT2D eigenvalue weighted by molar-refractivity contribution is -0.209. The molecule has 2 aliphatic heterocycles. The van der Waals surface area contributed by atoms with Crippen LogP contribution in [0.2, 0.25) is 0 Å². The van der Waals surface area contributed by atoms with Crippen molar-refractivity contribution in [2.24, 2.45) is 80.8 Å². The van der Waals surface area contributed by atoms with Gasteiger partial charge in [0.05, 0.1) is 11.2 Å². The number of aliphatic hydroxyl groups is 2. The molecular weight excluding hydrogens is 1130 g/mol. The monoisotopic (exact) mass is 1230 g/mol. The average molecular weight is 1230 g/mol. The zero-order chi connectivity index (χ0) is 63.3. The van der Waals surface area contributed by atoms with Crippen molar-refractivity contribution in [1.29, 1.82) is 0 Å². The van der Waals surface area contributed by atoms with Crippen molar-refractivity contribution in [2.45, 2.75) is 269 Å². The van der Waals surface area contributed by atoms with Crippen LogP contribution in [0.5, 0.6) is 0 Å². The fourth-order valence-corrected chi connectivity index (χ4v) is 20.9. The van der Waals surface area contributed by atoms with Crippen LogP contribution in [0, 0.1) is 80.8 Å². The van der Waals surface area contributed by atoms with E-state index in [4.69, 9.17) is 37.9 Å². The van der Waals surface area contributed by atoms with Crippen LogP contribution in [0.25, 0.3) is 0 Å². The predicted molar refractivity (Wildman–Crippen MR) is 317 cm³/mol. The Balaban J connectivity index is 0.000000137. The maximum Gasteiger partial charge on any atom is 0.344 e. The molecule has 488 valence electrons. The summed E-state index contributed by atoms with van der Waals surface area (Å²) in [6.07, 6.45) is 25.0. The van der Waals surface area contributed by atoms with Crippen molar-refractivity contribution in [3.8, 4) is 0 Å². The Kier molecular flexibility index (Phi) is 17.4. The molecule has 16 aliphatic rings. The van der Waals surface area contributed by atoms with Gasteiger partial charge in [0, 0.05) is 40.2 Å². The van der Waals surface area contributed by atoms with Gasteiger partial charge in [0.1, 0.15) is 35.6 Å². The highest BCUT2D eigenvalue weighted by Crippen LogP contribution is 2.68. The standard InChI is InChI=1S/C28H36O8.C22H28O8.C13H22O.C7H14O/c1-14(2)23(30)33-13-20(29)34-21-18-8-19-22(21)35-24(31)28(19,12-18)25(32)36-26(3,4)27-9-15-5-16(10-27)7-17(6-15)11-27;1-12(2)18(24)27-11-15(23)28-16-13-9-14-17(16)29-19(25)22(14,10-13)20(26)30-21(3)7-5-4-6-8-21;1-12(2,14)13-6-9-3-10(7-13)5-11(4-9)8-13;1-7(8)5-3-2-4-6-7/h15-19,21-22H,1,5-13H2,2-4H3;13-14,16-17H,1,4-11H2,2-3H3;9-11,14H,3-8H2,1-2H3;8H,2-6H2,1H3. The predicted octanol–water partition coefficient (Wildman–Crippen LogP) is 10.4. The number of hydrogen-bond acceptors (Lipinski definition) is 18. The topological polar surface area (TPSA) is 251 Å². The second-order valence-corrected chi connectivity index (χ2v) is 32.2. The van der Waals surface area contributed by atoms with Gasteiger partial charge in [0.15, 0.2) is 24.0 Å². The molecule has 16 rings (SSSR count). The Hall–Kier alpha value is -4.84. The van der Waals surface area contributed by atoms with Gasteiger partial charge >= 0.3 is 47.8 Å². The summed E-state index contributed by atoms with van der Waals surface area (Å²) in [6, 6.07) is 0. The van der Waals surface area contributed by atoms with Gasteiger partial charge in [-0.1, -0.05) is 38.8 Å². The first-order valence-electron chi connectivity index (χ1n) is 33.7. The van der Waals surface area contributed by atoms with Crippen LogP contribution in [0.3, 0.4) is 0 Å². The van der Waals surface area contributed by atoms with Gasteiger partial charge in [-0.15, -0.1) is 0 Å². The number of rotatable bonds is 14. The summed E-state index contributed by atoms with van der Waals surface area (Å²) in [6.45, 7) is 20.9. The summed E-state index contributed by atoms with van der Waals surface area (Å²) in [7, 11) is 0. The number of hydrogen-bond donors (Lipinski definition) is 2. The van der Waals surface area contributed by atoms with Gasteiger partial charge < -0.3 is 48.1 Å². The lowest BCUT2D eigenvalue weighted by atomic mass is 9.46. The molecule has 10 atom stereocenters. The van der Waals surface area contributed by atoms with Crippen LogP contribution in [0.15, 0.2) is 24.3 Å². The molecule has 2 N–H and O–H groups in total. The maximum atomic E-state index is 13.8. The van der Waals surface area contributed by atoms with E-state index in [9.17, 15) is 48.6 Å². The van der Waals surface area contributed by atoms with E-state index in [1.165, 1.54) is 90.9 Å². The molecule has 0 amide bonds. The van der Waals surface area contributed by atoms with Crippen molar-refractivity contribution in [3.05, 3.63) is 24.3 Å². The third kappa shape index (κ3) is 11.9. The van der Waals surface area contributed by atoms with Crippen LogP contribution in [0.4, 0.5) is 0 Å². The van der Waals surface area contributed by atoms with Gasteiger partial charge in [-0.3, -0.25) is 19.2 Å². The Morgan fingerprint density at radius 1 is 0.534 bits per heavy atom. The second kappa shape index (κ2) is 23.7. The Morgan fingerprint density at radius 2 is 0.898 bits per heavy atom. The molecule has 2 heterocycles. The molecule has 0 spiro atoms. The SMILES string of the molecule is C=C(C)C(=O)OCC(=O)OC1C2CC3C1OC(=O)C3(C(=O)OC(C)(C)C13CC4CC(CC(C4)C1)C3)C2.C=C(C)C(=O)OCC(=O)OC1C2CC3C1OC(=O)C3(C(=O)OC1(C)CCCCC1)C2.CC(C)(O)C12CC3CC(CC(C3)C1)C2.CC1(O)CCCCC1. The van der Waals surface area contributed by atoms with Crippen LogP contribution < -0.4 is 0 Å². The van der Waals surface area contributed by atoms with E-state index in [2.05, 4.69) is 13.2 Å². The highest BCUT2D eigenvalue weighted by molar-refractivity contribution is 6.04. The fraction of sp³-hybridized carbons (Fsp3) is 0.829. The number of carbonyl (C=O) groups is 8. The summed E-state index contributed by atoms with van der Waals surface area (Å²) < 4.78 is 44.2. The Bertz CT molecular complexity index is 2720. The zero-order valence-corrected chi connectivity index (χ0v) is 53.7. The van der Waals surface area contributed by atoms with Crippen molar-refractivity contribution in [2.75, 3.05) is 13.2 Å². The first-order valence-corrected chi connectivity index (χ1v) is 33.7. The van der Waals surface area contributed by atoms with E-state index < -0.39 is 113 Å². The van der Waals surface area contributed by atoms with E-state index in [0.29, 0.717) is 18.3 Å². The molecule has 0 radical (unpaired) electrons. The Labute approximate surface area is 519 Å². The van der Waals surface area contributed by atoms with Crippen LogP contribution >= 0.6 is 0 Å². The van der Waals surface area contributed by atoms with E-state index in [1.54, 1.807) is 0 Å². The second-order valence-electron chi connectivity index (χ2n) is 32.2. The van der Waals surface area contributed by atoms with Crippen molar-refractivity contribution in [1.82, 2.24) is 0 Å². The van der Waals surface area contributed by atoms with Crippen LogP contribution in [-0.4, -0.2) is 118 Å². The van der Waals surface area contributed by atoms with Gasteiger partial charge in [-0.2, -0.15) is 0 Å². The minimum atomic E-state index is -1.32. The van der Waals surface area contributed by atoms with Gasteiger partial charge in [0.25, 0.3) is 0 Å². The molecule has 88 heavy (non-hydrogen) atoms. The molecule has 2 saturated heterocycles. The van der Waals surface area contributed by atoms with Crippen LogP contribution in [-0.2, 0) is 76.3 Å². The molecule has 18 heteroatoms. The summed E-state index contributed by atoms with van der Waals surface area (Å²) in [5.41, 5.74) is -3.92. The van der Waals surface area contributed by atoms with Crippen molar-refractivity contribution in [3.63, 3.8) is 0 Å². The first-order chi connectivity index (χ1) is 41.3. The van der Waals surface area contributed by atoms with E-state index >= 15 is 0 Å². The molecule has 14 saturated carbocycles. The molecule has 0 aromatic carbocycles. The molecular formula is C70H100O18.